The van der Waals surface area contributed by atoms with Gasteiger partial charge in [0, 0.05) is 24.8 Å². The van der Waals surface area contributed by atoms with E-state index < -0.39 is 0 Å². The van der Waals surface area contributed by atoms with Crippen LogP contribution in [0.2, 0.25) is 0 Å². The van der Waals surface area contributed by atoms with Gasteiger partial charge >= 0.3 is 0 Å². The van der Waals surface area contributed by atoms with Crippen LogP contribution in [0.4, 0.5) is 5.69 Å². The van der Waals surface area contributed by atoms with Gasteiger partial charge in [0.05, 0.1) is 0 Å². The minimum Gasteiger partial charge on any atom is -0.385 e. The quantitative estimate of drug-likeness (QED) is 0.702. The first-order valence-electron chi connectivity index (χ1n) is 8.78. The van der Waals surface area contributed by atoms with E-state index in [2.05, 4.69) is 86.4 Å². The summed E-state index contributed by atoms with van der Waals surface area (Å²) in [6, 6.07) is 18.0. The molecule has 0 aliphatic rings. The third kappa shape index (κ3) is 4.84. The van der Waals surface area contributed by atoms with Gasteiger partial charge in [0.1, 0.15) is 0 Å². The number of rotatable bonds is 8. The maximum atomic E-state index is 3.55. The highest BCUT2D eigenvalue weighted by Gasteiger charge is 2.15. The summed E-state index contributed by atoms with van der Waals surface area (Å²) >= 11 is 0. The number of anilines is 1. The Kier molecular flexibility index (Phi) is 6.66. The lowest BCUT2D eigenvalue weighted by Crippen LogP contribution is -2.26. The molecule has 0 aromatic heterocycles. The monoisotopic (exact) mass is 310 g/mol. The molecule has 0 aliphatic carbocycles. The van der Waals surface area contributed by atoms with Crippen LogP contribution in [-0.4, -0.2) is 18.0 Å². The highest BCUT2D eigenvalue weighted by molar-refractivity contribution is 5.53. The second-order valence-electron chi connectivity index (χ2n) is 6.23. The van der Waals surface area contributed by atoms with Crippen molar-refractivity contribution in [2.24, 2.45) is 0 Å². The Balaban J connectivity index is 2.15. The zero-order valence-electron chi connectivity index (χ0n) is 15.0. The van der Waals surface area contributed by atoms with Gasteiger partial charge in [-0.3, -0.25) is 4.90 Å². The summed E-state index contributed by atoms with van der Waals surface area (Å²) in [6.07, 6.45) is 1.15. The normalized spacial score (nSPS) is 12.4. The number of benzene rings is 2. The summed E-state index contributed by atoms with van der Waals surface area (Å²) in [6.45, 7) is 12.0. The van der Waals surface area contributed by atoms with E-state index in [9.17, 15) is 0 Å². The van der Waals surface area contributed by atoms with Gasteiger partial charge in [-0.2, -0.15) is 0 Å². The van der Waals surface area contributed by atoms with E-state index >= 15 is 0 Å². The van der Waals surface area contributed by atoms with Crippen molar-refractivity contribution in [3.05, 3.63) is 65.2 Å². The summed E-state index contributed by atoms with van der Waals surface area (Å²) < 4.78 is 0. The molecule has 0 saturated carbocycles. The van der Waals surface area contributed by atoms with Crippen LogP contribution in [0.1, 0.15) is 49.9 Å². The highest BCUT2D eigenvalue weighted by Crippen LogP contribution is 2.26. The van der Waals surface area contributed by atoms with Gasteiger partial charge < -0.3 is 5.32 Å². The molecule has 0 spiro atoms. The standard InChI is InChI=1S/C21H30N2/c1-5-14-22-21-15-20(13-12-17(21)3)18(4)23(6-2)16-19-10-8-7-9-11-19/h7-13,15,18,22H,5-6,14,16H2,1-4H3/t18-/m0/s1. The van der Waals surface area contributed by atoms with Crippen LogP contribution in [0.25, 0.3) is 0 Å². The number of aryl methyl sites for hydroxylation is 1. The minimum atomic E-state index is 0.406. The first-order valence-corrected chi connectivity index (χ1v) is 8.78. The summed E-state index contributed by atoms with van der Waals surface area (Å²) in [5, 5.41) is 3.55. The van der Waals surface area contributed by atoms with E-state index in [1.807, 2.05) is 0 Å². The zero-order valence-corrected chi connectivity index (χ0v) is 15.0. The van der Waals surface area contributed by atoms with E-state index in [1.54, 1.807) is 0 Å². The average molecular weight is 310 g/mol. The molecule has 0 radical (unpaired) electrons. The van der Waals surface area contributed by atoms with Gasteiger partial charge in [-0.1, -0.05) is 56.3 Å². The van der Waals surface area contributed by atoms with Gasteiger partial charge in [-0.25, -0.2) is 0 Å². The third-order valence-corrected chi connectivity index (χ3v) is 4.49. The lowest BCUT2D eigenvalue weighted by atomic mass is 10.0. The van der Waals surface area contributed by atoms with Gasteiger partial charge in [0.25, 0.3) is 0 Å². The van der Waals surface area contributed by atoms with E-state index in [0.717, 1.165) is 26.1 Å². The van der Waals surface area contributed by atoms with Crippen molar-refractivity contribution in [1.82, 2.24) is 4.90 Å². The Labute approximate surface area is 141 Å². The number of nitrogens with zero attached hydrogens (tertiary/aromatic N) is 1. The third-order valence-electron chi connectivity index (χ3n) is 4.49. The first kappa shape index (κ1) is 17.6. The molecule has 0 unspecified atom stereocenters. The topological polar surface area (TPSA) is 15.3 Å². The molecule has 0 heterocycles. The van der Waals surface area contributed by atoms with E-state index in [-0.39, 0.29) is 0 Å². The molecule has 2 nitrogen and oxygen atoms in total. The van der Waals surface area contributed by atoms with Crippen LogP contribution in [-0.2, 0) is 6.54 Å². The molecule has 0 saturated heterocycles. The van der Waals surface area contributed by atoms with E-state index in [4.69, 9.17) is 0 Å². The van der Waals surface area contributed by atoms with Crippen LogP contribution in [0.15, 0.2) is 48.5 Å². The second-order valence-corrected chi connectivity index (χ2v) is 6.23. The molecule has 1 atom stereocenters. The molecule has 23 heavy (non-hydrogen) atoms. The fraction of sp³-hybridized carbons (Fsp3) is 0.429. The Morgan fingerprint density at radius 2 is 1.78 bits per heavy atom. The summed E-state index contributed by atoms with van der Waals surface area (Å²) in [4.78, 5) is 2.52. The van der Waals surface area contributed by atoms with Crippen LogP contribution < -0.4 is 5.32 Å². The smallest absolute Gasteiger partial charge is 0.0373 e. The van der Waals surface area contributed by atoms with Gasteiger partial charge in [0.15, 0.2) is 0 Å². The largest absolute Gasteiger partial charge is 0.385 e. The lowest BCUT2D eigenvalue weighted by Gasteiger charge is -2.29. The van der Waals surface area contributed by atoms with Gasteiger partial charge in [-0.15, -0.1) is 0 Å². The zero-order chi connectivity index (χ0) is 16.7. The summed E-state index contributed by atoms with van der Waals surface area (Å²) in [5.74, 6) is 0. The van der Waals surface area contributed by atoms with Gasteiger partial charge in [-0.05, 0) is 49.6 Å². The van der Waals surface area contributed by atoms with Crippen LogP contribution in [0.3, 0.4) is 0 Å². The Morgan fingerprint density at radius 1 is 1.04 bits per heavy atom. The van der Waals surface area contributed by atoms with Crippen LogP contribution in [0, 0.1) is 6.92 Å². The highest BCUT2D eigenvalue weighted by atomic mass is 15.1. The maximum Gasteiger partial charge on any atom is 0.0373 e. The van der Waals surface area contributed by atoms with Crippen molar-refractivity contribution < 1.29 is 0 Å². The second kappa shape index (κ2) is 8.73. The predicted octanol–water partition coefficient (Wildman–Crippen LogP) is 5.40. The van der Waals surface area contributed by atoms with Crippen molar-refractivity contribution in [3.63, 3.8) is 0 Å². The molecule has 0 fully saturated rings. The van der Waals surface area contributed by atoms with E-state index in [1.165, 1.54) is 22.4 Å². The lowest BCUT2D eigenvalue weighted by molar-refractivity contribution is 0.213. The maximum absolute atomic E-state index is 3.55. The molecular weight excluding hydrogens is 280 g/mol. The van der Waals surface area contributed by atoms with E-state index in [0.29, 0.717) is 6.04 Å². The van der Waals surface area contributed by atoms with Crippen molar-refractivity contribution in [1.29, 1.82) is 0 Å². The Morgan fingerprint density at radius 3 is 2.43 bits per heavy atom. The summed E-state index contributed by atoms with van der Waals surface area (Å²) in [5.41, 5.74) is 5.34. The molecule has 2 heteroatoms. The number of hydrogen-bond acceptors (Lipinski definition) is 2. The molecule has 0 amide bonds. The molecular formula is C21H30N2. The van der Waals surface area contributed by atoms with Crippen LogP contribution >= 0.6 is 0 Å². The minimum absolute atomic E-state index is 0.406. The molecule has 124 valence electrons. The van der Waals surface area contributed by atoms with Crippen molar-refractivity contribution >= 4 is 5.69 Å². The summed E-state index contributed by atoms with van der Waals surface area (Å²) in [7, 11) is 0. The fourth-order valence-electron chi connectivity index (χ4n) is 2.90. The SMILES string of the molecule is CCCNc1cc([C@H](C)N(CC)Cc2ccccc2)ccc1C. The predicted molar refractivity (Wildman–Crippen MR) is 101 cm³/mol. The molecule has 2 rings (SSSR count). The van der Waals surface area contributed by atoms with Crippen LogP contribution in [0.5, 0.6) is 0 Å². The molecule has 2 aromatic carbocycles. The fourth-order valence-corrected chi connectivity index (χ4v) is 2.90. The molecule has 2 aromatic rings. The Bertz CT molecular complexity index is 592. The van der Waals surface area contributed by atoms with Crippen molar-refractivity contribution in [2.75, 3.05) is 18.4 Å². The molecule has 1 N–H and O–H groups in total. The average Bonchev–Trinajstić information content (AvgIpc) is 2.59. The van der Waals surface area contributed by atoms with Crippen molar-refractivity contribution in [2.45, 2.75) is 46.7 Å². The number of nitrogens with one attached hydrogen (secondary N) is 1. The van der Waals surface area contributed by atoms with Crippen molar-refractivity contribution in [3.8, 4) is 0 Å². The molecule has 0 aliphatic heterocycles. The number of hydrogen-bond donors (Lipinski definition) is 1. The Hall–Kier alpha value is -1.80. The molecule has 0 bridgehead atoms. The first-order chi connectivity index (χ1) is 11.2. The van der Waals surface area contributed by atoms with Gasteiger partial charge in [0.2, 0.25) is 0 Å².